The van der Waals surface area contributed by atoms with Crippen LogP contribution in [0.3, 0.4) is 0 Å². The molecule has 0 saturated carbocycles. The lowest BCUT2D eigenvalue weighted by atomic mass is 10.0. The summed E-state index contributed by atoms with van der Waals surface area (Å²) < 4.78 is 19.1. The number of imide groups is 1. The first-order chi connectivity index (χ1) is 8.37. The summed E-state index contributed by atoms with van der Waals surface area (Å²) >= 11 is 5.50. The fourth-order valence-electron chi connectivity index (χ4n) is 1.86. The van der Waals surface area contributed by atoms with Gasteiger partial charge in [0.15, 0.2) is 6.04 Å². The number of aliphatic hydroxyl groups excluding tert-OH is 2. The summed E-state index contributed by atoms with van der Waals surface area (Å²) in [6.07, 6.45) is -3.83. The maximum atomic E-state index is 14.1. The molecule has 0 spiro atoms. The van der Waals surface area contributed by atoms with E-state index < -0.39 is 47.9 Å². The van der Waals surface area contributed by atoms with Gasteiger partial charge in [-0.05, 0) is 0 Å². The monoisotopic (exact) mass is 280 g/mol. The molecule has 1 saturated heterocycles. The number of nitrogens with one attached hydrogen (secondary N) is 1. The molecule has 5 atom stereocenters. The van der Waals surface area contributed by atoms with Gasteiger partial charge < -0.3 is 14.9 Å². The van der Waals surface area contributed by atoms with Crippen LogP contribution in [0.15, 0.2) is 4.99 Å². The molecule has 100 valence electrons. The summed E-state index contributed by atoms with van der Waals surface area (Å²) in [6, 6.07) is -1.39. The SMILES string of the molecule is O=C1C=NC([C@@H]2O[C@H](CO)[C@@H](O)[C@]2(F)Cl)C(=O)N1. The highest BCUT2D eigenvalue weighted by atomic mass is 35.5. The van der Waals surface area contributed by atoms with Crippen molar-refractivity contribution in [3.8, 4) is 0 Å². The second-order valence-electron chi connectivity index (χ2n) is 3.97. The highest BCUT2D eigenvalue weighted by Crippen LogP contribution is 2.40. The molecule has 1 fully saturated rings. The zero-order valence-corrected chi connectivity index (χ0v) is 9.67. The van der Waals surface area contributed by atoms with E-state index in [1.165, 1.54) is 0 Å². The largest absolute Gasteiger partial charge is 0.394 e. The zero-order valence-electron chi connectivity index (χ0n) is 8.92. The van der Waals surface area contributed by atoms with Crippen LogP contribution in [0.2, 0.25) is 0 Å². The van der Waals surface area contributed by atoms with Gasteiger partial charge in [0.25, 0.3) is 11.8 Å². The minimum absolute atomic E-state index is 0.660. The Morgan fingerprint density at radius 3 is 2.78 bits per heavy atom. The number of amides is 2. The highest BCUT2D eigenvalue weighted by Gasteiger charge is 2.60. The average molecular weight is 281 g/mol. The van der Waals surface area contributed by atoms with Gasteiger partial charge >= 0.3 is 0 Å². The summed E-state index contributed by atoms with van der Waals surface area (Å²) in [5.41, 5.74) is 0. The standard InChI is InChI=1S/C9H10ClFN2O5/c10-9(11)6(16)3(2-14)18-7(9)5-8(17)13-4(15)1-12-5/h1,3,5-7,14,16H,2H2,(H,13,15,17)/t3-,5?,6-,7+,9-/m1/s1. The van der Waals surface area contributed by atoms with E-state index in [4.69, 9.17) is 21.4 Å². The Balaban J connectivity index is 2.26. The van der Waals surface area contributed by atoms with Crippen LogP contribution >= 0.6 is 11.6 Å². The van der Waals surface area contributed by atoms with Crippen LogP contribution in [0.5, 0.6) is 0 Å². The van der Waals surface area contributed by atoms with Gasteiger partial charge in [-0.25, -0.2) is 4.39 Å². The second kappa shape index (κ2) is 4.54. The molecule has 0 aromatic rings. The van der Waals surface area contributed by atoms with Gasteiger partial charge in [0.1, 0.15) is 18.3 Å². The van der Waals surface area contributed by atoms with E-state index in [1.807, 2.05) is 5.32 Å². The zero-order chi connectivity index (χ0) is 13.5. The van der Waals surface area contributed by atoms with Crippen LogP contribution in [-0.4, -0.2) is 64.3 Å². The molecule has 0 bridgehead atoms. The van der Waals surface area contributed by atoms with E-state index in [0.717, 1.165) is 6.21 Å². The molecule has 0 aromatic carbocycles. The van der Waals surface area contributed by atoms with Crippen LogP contribution in [0.4, 0.5) is 4.39 Å². The topological polar surface area (TPSA) is 108 Å². The molecule has 0 aromatic heterocycles. The number of carbonyl (C=O) groups is 2. The fraction of sp³-hybridized carbons (Fsp3) is 0.667. The maximum Gasteiger partial charge on any atom is 0.268 e. The number of hydrogen-bond donors (Lipinski definition) is 3. The first-order valence-electron chi connectivity index (χ1n) is 5.08. The average Bonchev–Trinajstić information content (AvgIpc) is 2.52. The number of hydrogen-bond acceptors (Lipinski definition) is 6. The highest BCUT2D eigenvalue weighted by molar-refractivity contribution is 6.32. The first-order valence-corrected chi connectivity index (χ1v) is 5.46. The van der Waals surface area contributed by atoms with E-state index in [9.17, 15) is 19.1 Å². The van der Waals surface area contributed by atoms with E-state index in [-0.39, 0.29) is 0 Å². The lowest BCUT2D eigenvalue weighted by Gasteiger charge is -2.26. The number of halogens is 2. The Morgan fingerprint density at radius 2 is 2.28 bits per heavy atom. The third kappa shape index (κ3) is 2.01. The molecule has 0 aliphatic carbocycles. The predicted molar refractivity (Wildman–Crippen MR) is 56.9 cm³/mol. The minimum Gasteiger partial charge on any atom is -0.394 e. The number of aliphatic hydroxyl groups is 2. The third-order valence-electron chi connectivity index (χ3n) is 2.78. The number of ether oxygens (including phenoxy) is 1. The third-order valence-corrected chi connectivity index (χ3v) is 3.22. The van der Waals surface area contributed by atoms with Crippen molar-refractivity contribution >= 4 is 29.6 Å². The summed E-state index contributed by atoms with van der Waals surface area (Å²) in [6.45, 7) is -0.660. The van der Waals surface area contributed by atoms with Crippen molar-refractivity contribution in [3.63, 3.8) is 0 Å². The molecule has 2 aliphatic rings. The van der Waals surface area contributed by atoms with Gasteiger partial charge in [-0.15, -0.1) is 0 Å². The van der Waals surface area contributed by atoms with Gasteiger partial charge in [0.2, 0.25) is 5.13 Å². The van der Waals surface area contributed by atoms with Gasteiger partial charge in [0, 0.05) is 0 Å². The van der Waals surface area contributed by atoms with E-state index in [0.29, 0.717) is 0 Å². The number of nitrogens with zero attached hydrogens (tertiary/aromatic N) is 1. The fourth-order valence-corrected chi connectivity index (χ4v) is 2.17. The van der Waals surface area contributed by atoms with Gasteiger partial charge in [-0.1, -0.05) is 11.6 Å². The minimum atomic E-state index is -2.77. The summed E-state index contributed by atoms with van der Waals surface area (Å²) in [5, 5.41) is 17.5. The molecule has 2 amide bonds. The lowest BCUT2D eigenvalue weighted by molar-refractivity contribution is -0.132. The Morgan fingerprint density at radius 1 is 1.61 bits per heavy atom. The van der Waals surface area contributed by atoms with E-state index in [1.54, 1.807) is 0 Å². The number of aliphatic imine (C=N–C) groups is 1. The summed E-state index contributed by atoms with van der Waals surface area (Å²) in [5.74, 6) is -1.60. The molecule has 2 aliphatic heterocycles. The van der Waals surface area contributed by atoms with Crippen molar-refractivity contribution in [3.05, 3.63) is 0 Å². The molecule has 3 N–H and O–H groups in total. The second-order valence-corrected chi connectivity index (χ2v) is 4.55. The number of alkyl halides is 2. The van der Waals surface area contributed by atoms with Gasteiger partial charge in [0.05, 0.1) is 12.8 Å². The van der Waals surface area contributed by atoms with Crippen molar-refractivity contribution in [2.75, 3.05) is 6.61 Å². The van der Waals surface area contributed by atoms with E-state index in [2.05, 4.69) is 4.99 Å². The maximum absolute atomic E-state index is 14.1. The van der Waals surface area contributed by atoms with Gasteiger partial charge in [-0.2, -0.15) is 0 Å². The smallest absolute Gasteiger partial charge is 0.268 e. The molecule has 0 radical (unpaired) electrons. The van der Waals surface area contributed by atoms with Crippen LogP contribution in [0.25, 0.3) is 0 Å². The molecular weight excluding hydrogens is 271 g/mol. The normalized spacial score (nSPS) is 44.2. The summed E-state index contributed by atoms with van der Waals surface area (Å²) in [4.78, 5) is 25.9. The number of carbonyl (C=O) groups excluding carboxylic acids is 2. The quantitative estimate of drug-likeness (QED) is 0.405. The van der Waals surface area contributed by atoms with E-state index >= 15 is 0 Å². The van der Waals surface area contributed by atoms with Crippen molar-refractivity contribution in [1.82, 2.24) is 5.32 Å². The Labute approximate surface area is 106 Å². The predicted octanol–water partition coefficient (Wildman–Crippen LogP) is -1.89. The van der Waals surface area contributed by atoms with Crippen molar-refractivity contribution in [2.45, 2.75) is 29.5 Å². The van der Waals surface area contributed by atoms with Crippen LogP contribution < -0.4 is 5.32 Å². The Hall–Kier alpha value is -1.09. The molecule has 2 rings (SSSR count). The van der Waals surface area contributed by atoms with Crippen molar-refractivity contribution < 1.29 is 28.9 Å². The van der Waals surface area contributed by atoms with Crippen molar-refractivity contribution in [2.24, 2.45) is 4.99 Å². The number of rotatable bonds is 2. The van der Waals surface area contributed by atoms with Crippen LogP contribution in [-0.2, 0) is 14.3 Å². The van der Waals surface area contributed by atoms with Gasteiger partial charge in [-0.3, -0.25) is 19.9 Å². The molecule has 9 heteroatoms. The molecule has 18 heavy (non-hydrogen) atoms. The first kappa shape index (κ1) is 13.3. The Bertz CT molecular complexity index is 416. The Kier molecular flexibility index (Phi) is 3.37. The van der Waals surface area contributed by atoms with Crippen LogP contribution in [0.1, 0.15) is 0 Å². The molecule has 2 heterocycles. The summed E-state index contributed by atoms with van der Waals surface area (Å²) in [7, 11) is 0. The molecule has 7 nitrogen and oxygen atoms in total. The molecular formula is C9H10ClFN2O5. The lowest BCUT2D eigenvalue weighted by Crippen LogP contribution is -2.53. The molecule has 1 unspecified atom stereocenters. The van der Waals surface area contributed by atoms with Crippen LogP contribution in [0, 0.1) is 0 Å². The van der Waals surface area contributed by atoms with Crippen molar-refractivity contribution in [1.29, 1.82) is 0 Å².